The molecule has 3 aromatic heterocycles. The smallest absolute Gasteiger partial charge is 0.262 e. The van der Waals surface area contributed by atoms with E-state index in [1.165, 1.54) is 22.2 Å². The van der Waals surface area contributed by atoms with Crippen molar-refractivity contribution in [2.75, 3.05) is 6.54 Å². The van der Waals surface area contributed by atoms with Crippen LogP contribution in [0, 0.1) is 0 Å². The first-order valence-electron chi connectivity index (χ1n) is 7.33. The van der Waals surface area contributed by atoms with Gasteiger partial charge in [-0.05, 0) is 23.6 Å². The quantitative estimate of drug-likeness (QED) is 0.746. The molecule has 3 aromatic rings. The molecule has 0 spiro atoms. The molecule has 0 radical (unpaired) electrons. The molecule has 3 heterocycles. The molecule has 23 heavy (non-hydrogen) atoms. The van der Waals surface area contributed by atoms with Crippen molar-refractivity contribution in [1.82, 2.24) is 19.9 Å². The van der Waals surface area contributed by atoms with Gasteiger partial charge < -0.3 is 5.32 Å². The zero-order chi connectivity index (χ0) is 16.1. The summed E-state index contributed by atoms with van der Waals surface area (Å²) in [6.45, 7) is 0.861. The monoisotopic (exact) mass is 328 g/mol. The number of hydrogen-bond donors (Lipinski definition) is 1. The van der Waals surface area contributed by atoms with E-state index in [-0.39, 0.29) is 17.9 Å². The number of aryl methyl sites for hydroxylation is 1. The molecule has 0 bridgehead atoms. The van der Waals surface area contributed by atoms with Crippen molar-refractivity contribution in [3.8, 4) is 0 Å². The number of pyridine rings is 1. The lowest BCUT2D eigenvalue weighted by Crippen LogP contribution is -2.29. The van der Waals surface area contributed by atoms with Gasteiger partial charge in [0.2, 0.25) is 5.91 Å². The van der Waals surface area contributed by atoms with Gasteiger partial charge >= 0.3 is 0 Å². The van der Waals surface area contributed by atoms with Crippen molar-refractivity contribution < 1.29 is 4.79 Å². The van der Waals surface area contributed by atoms with Gasteiger partial charge in [-0.1, -0.05) is 6.07 Å². The van der Waals surface area contributed by atoms with Crippen LogP contribution in [0.25, 0.3) is 10.2 Å². The number of rotatable bonds is 6. The van der Waals surface area contributed by atoms with Gasteiger partial charge in [0.05, 0.1) is 11.7 Å². The Kier molecular flexibility index (Phi) is 4.77. The van der Waals surface area contributed by atoms with Crippen LogP contribution < -0.4 is 10.9 Å². The zero-order valence-electron chi connectivity index (χ0n) is 12.4. The van der Waals surface area contributed by atoms with Gasteiger partial charge in [-0.15, -0.1) is 11.3 Å². The van der Waals surface area contributed by atoms with Crippen LogP contribution in [-0.2, 0) is 17.8 Å². The van der Waals surface area contributed by atoms with Crippen LogP contribution in [0.4, 0.5) is 0 Å². The fourth-order valence-electron chi connectivity index (χ4n) is 2.24. The van der Waals surface area contributed by atoms with Crippen molar-refractivity contribution >= 4 is 27.5 Å². The first kappa shape index (κ1) is 15.4. The molecule has 0 aliphatic heterocycles. The molecule has 0 fully saturated rings. The normalized spacial score (nSPS) is 10.8. The van der Waals surface area contributed by atoms with E-state index in [0.717, 1.165) is 10.5 Å². The van der Waals surface area contributed by atoms with Crippen molar-refractivity contribution in [1.29, 1.82) is 0 Å². The predicted molar refractivity (Wildman–Crippen MR) is 89.4 cm³/mol. The molecular formula is C16H16N4O2S. The van der Waals surface area contributed by atoms with Crippen molar-refractivity contribution in [2.24, 2.45) is 0 Å². The summed E-state index contributed by atoms with van der Waals surface area (Å²) in [7, 11) is 0. The SMILES string of the molecule is O=C(CCn1cnc2sccc2c1=O)NCCc1ccccn1. The lowest BCUT2D eigenvalue weighted by atomic mass is 10.2. The highest BCUT2D eigenvalue weighted by Gasteiger charge is 2.07. The second-order valence-corrected chi connectivity index (χ2v) is 5.95. The van der Waals surface area contributed by atoms with Crippen LogP contribution in [0.1, 0.15) is 12.1 Å². The number of fused-ring (bicyclic) bond motifs is 1. The second kappa shape index (κ2) is 7.15. The fourth-order valence-corrected chi connectivity index (χ4v) is 2.96. The first-order valence-corrected chi connectivity index (χ1v) is 8.21. The highest BCUT2D eigenvalue weighted by molar-refractivity contribution is 7.16. The van der Waals surface area contributed by atoms with Crippen LogP contribution in [0.2, 0.25) is 0 Å². The molecule has 0 aromatic carbocycles. The summed E-state index contributed by atoms with van der Waals surface area (Å²) < 4.78 is 1.48. The molecule has 0 unspecified atom stereocenters. The Bertz CT molecular complexity index is 857. The van der Waals surface area contributed by atoms with Crippen LogP contribution in [0.5, 0.6) is 0 Å². The van der Waals surface area contributed by atoms with Gasteiger partial charge in [0, 0.05) is 37.8 Å². The van der Waals surface area contributed by atoms with E-state index in [1.807, 2.05) is 23.6 Å². The number of carbonyl (C=O) groups excluding carboxylic acids is 1. The van der Waals surface area contributed by atoms with E-state index in [9.17, 15) is 9.59 Å². The summed E-state index contributed by atoms with van der Waals surface area (Å²) in [6, 6.07) is 7.47. The Morgan fingerprint density at radius 2 is 2.17 bits per heavy atom. The highest BCUT2D eigenvalue weighted by atomic mass is 32.1. The van der Waals surface area contributed by atoms with Gasteiger partial charge in [-0.25, -0.2) is 4.98 Å². The maximum atomic E-state index is 12.2. The highest BCUT2D eigenvalue weighted by Crippen LogP contribution is 2.13. The Labute approximate surface area is 136 Å². The first-order chi connectivity index (χ1) is 11.2. The van der Waals surface area contributed by atoms with Crippen molar-refractivity contribution in [3.63, 3.8) is 0 Å². The Hall–Kier alpha value is -2.54. The maximum absolute atomic E-state index is 12.2. The number of thiophene rings is 1. The van der Waals surface area contributed by atoms with E-state index in [0.29, 0.717) is 24.9 Å². The van der Waals surface area contributed by atoms with E-state index >= 15 is 0 Å². The Morgan fingerprint density at radius 1 is 1.26 bits per heavy atom. The second-order valence-electron chi connectivity index (χ2n) is 5.05. The molecule has 1 amide bonds. The van der Waals surface area contributed by atoms with Crippen molar-refractivity contribution in [2.45, 2.75) is 19.4 Å². The Morgan fingerprint density at radius 3 is 3.00 bits per heavy atom. The third kappa shape index (κ3) is 3.81. The third-order valence-corrected chi connectivity index (χ3v) is 4.28. The molecule has 6 nitrogen and oxygen atoms in total. The van der Waals surface area contributed by atoms with Crippen LogP contribution in [0.15, 0.2) is 47.0 Å². The largest absolute Gasteiger partial charge is 0.356 e. The molecule has 7 heteroatoms. The van der Waals surface area contributed by atoms with Gasteiger partial charge in [0.15, 0.2) is 0 Å². The molecule has 1 N–H and O–H groups in total. The number of aromatic nitrogens is 3. The number of nitrogens with one attached hydrogen (secondary N) is 1. The average molecular weight is 328 g/mol. The molecule has 0 aliphatic rings. The molecular weight excluding hydrogens is 312 g/mol. The van der Waals surface area contributed by atoms with Crippen LogP contribution in [-0.4, -0.2) is 27.0 Å². The van der Waals surface area contributed by atoms with E-state index in [1.54, 1.807) is 12.3 Å². The fraction of sp³-hybridized carbons (Fsp3) is 0.250. The summed E-state index contributed by atoms with van der Waals surface area (Å²) in [6.07, 6.45) is 4.17. The van der Waals surface area contributed by atoms with Crippen molar-refractivity contribution in [3.05, 3.63) is 58.2 Å². The molecule has 0 atom stereocenters. The van der Waals surface area contributed by atoms with Crippen LogP contribution in [0.3, 0.4) is 0 Å². The molecule has 0 aliphatic carbocycles. The van der Waals surface area contributed by atoms with Gasteiger partial charge in [0.1, 0.15) is 4.83 Å². The lowest BCUT2D eigenvalue weighted by Gasteiger charge is -2.07. The van der Waals surface area contributed by atoms with Gasteiger partial charge in [-0.2, -0.15) is 0 Å². The van der Waals surface area contributed by atoms with E-state index in [4.69, 9.17) is 0 Å². The number of nitrogens with zero attached hydrogens (tertiary/aromatic N) is 3. The number of amides is 1. The minimum Gasteiger partial charge on any atom is -0.356 e. The average Bonchev–Trinajstić information content (AvgIpc) is 3.05. The predicted octanol–water partition coefficient (Wildman–Crippen LogP) is 1.60. The maximum Gasteiger partial charge on any atom is 0.262 e. The van der Waals surface area contributed by atoms with E-state index < -0.39 is 0 Å². The van der Waals surface area contributed by atoms with Gasteiger partial charge in [0.25, 0.3) is 5.56 Å². The number of hydrogen-bond acceptors (Lipinski definition) is 5. The molecule has 0 saturated carbocycles. The minimum absolute atomic E-state index is 0.0850. The summed E-state index contributed by atoms with van der Waals surface area (Å²) in [4.78, 5) is 33.2. The molecule has 0 saturated heterocycles. The standard InChI is InChI=1S/C16H16N4O2S/c21-14(18-8-4-12-3-1-2-7-17-12)5-9-20-11-19-15-13(16(20)22)6-10-23-15/h1-3,6-7,10-11H,4-5,8-9H2,(H,18,21). The van der Waals surface area contributed by atoms with Gasteiger partial charge in [-0.3, -0.25) is 19.1 Å². The summed E-state index contributed by atoms with van der Waals surface area (Å²) in [5, 5.41) is 5.29. The minimum atomic E-state index is -0.0995. The van der Waals surface area contributed by atoms with E-state index in [2.05, 4.69) is 15.3 Å². The summed E-state index contributed by atoms with van der Waals surface area (Å²) >= 11 is 1.43. The van der Waals surface area contributed by atoms with Crippen LogP contribution >= 0.6 is 11.3 Å². The lowest BCUT2D eigenvalue weighted by molar-refractivity contribution is -0.121. The molecule has 3 rings (SSSR count). The summed E-state index contributed by atoms with van der Waals surface area (Å²) in [5.41, 5.74) is 0.841. The topological polar surface area (TPSA) is 76.9 Å². The zero-order valence-corrected chi connectivity index (χ0v) is 13.3. The Balaban J connectivity index is 1.50. The third-order valence-electron chi connectivity index (χ3n) is 3.46. The number of carbonyl (C=O) groups is 1. The summed E-state index contributed by atoms with van der Waals surface area (Å²) in [5.74, 6) is -0.0850. The molecule has 118 valence electrons.